The van der Waals surface area contributed by atoms with Gasteiger partial charge in [0.2, 0.25) is 0 Å². The number of nitrogens with zero attached hydrogens (tertiary/aromatic N) is 1. The van der Waals surface area contributed by atoms with Crippen LogP contribution in [-0.2, 0) is 0 Å². The average molecular weight is 558 g/mol. The minimum Gasteiger partial charge on any atom is -0.337 e. The van der Waals surface area contributed by atoms with Gasteiger partial charge in [-0.1, -0.05) is 0 Å². The van der Waals surface area contributed by atoms with Gasteiger partial charge in [0.25, 0.3) is 0 Å². The van der Waals surface area contributed by atoms with E-state index in [0.29, 0.717) is 36.7 Å². The molecule has 0 unspecified atom stereocenters. The van der Waals surface area contributed by atoms with Crippen molar-refractivity contribution < 1.29 is 27.6 Å². The van der Waals surface area contributed by atoms with Crippen LogP contribution < -0.4 is 31.9 Å². The third-order valence-corrected chi connectivity index (χ3v) is 5.45. The normalized spacial score (nSPS) is 10.5. The van der Waals surface area contributed by atoms with Gasteiger partial charge in [-0.25, -0.2) is 27.6 Å². The van der Waals surface area contributed by atoms with Gasteiger partial charge in [-0.2, -0.15) is 0 Å². The molecule has 0 radical (unpaired) electrons. The predicted octanol–water partition coefficient (Wildman–Crippen LogP) is 4.17. The molecule has 6 N–H and O–H groups in total. The molecule has 0 atom stereocenters. The lowest BCUT2D eigenvalue weighted by Crippen LogP contribution is -2.44. The Bertz CT molecular complexity index is 1090. The second-order valence-corrected chi connectivity index (χ2v) is 8.51. The molecule has 6 amide bonds. The van der Waals surface area contributed by atoms with Crippen LogP contribution in [0.2, 0.25) is 0 Å². The van der Waals surface area contributed by atoms with E-state index < -0.39 is 35.5 Å². The molecule has 0 aliphatic rings. The lowest BCUT2D eigenvalue weighted by Gasteiger charge is -2.23. The lowest BCUT2D eigenvalue weighted by atomic mass is 10.3. The quantitative estimate of drug-likeness (QED) is 0.200. The standard InChI is InChI=1S/C27H30F3N7O3/c28-19-1-7-22(8-2-19)34-25(38)31-13-16-37(17-14-32-26(39)35-23-9-3-20(29)4-10-23)18-15-33-27(40)36-24-11-5-21(30)6-12-24/h1-12H,13-18H2,(H2,31,34,38)(H2,32,35,39)(H2,33,36,40). The molecule has 0 aliphatic heterocycles. The number of halogens is 3. The van der Waals surface area contributed by atoms with Gasteiger partial charge >= 0.3 is 18.1 Å². The van der Waals surface area contributed by atoms with Gasteiger partial charge in [0.05, 0.1) is 0 Å². The second-order valence-electron chi connectivity index (χ2n) is 8.51. The second kappa shape index (κ2) is 15.6. The Kier molecular flexibility index (Phi) is 11.6. The SMILES string of the molecule is O=C(NCCN(CCNC(=O)Nc1ccc(F)cc1)CCNC(=O)Nc1ccc(F)cc1)Nc1ccc(F)cc1. The van der Waals surface area contributed by atoms with Gasteiger partial charge in [0.1, 0.15) is 17.5 Å². The molecular formula is C27H30F3N7O3. The molecule has 3 aromatic rings. The summed E-state index contributed by atoms with van der Waals surface area (Å²) >= 11 is 0. The molecule has 3 aromatic carbocycles. The topological polar surface area (TPSA) is 127 Å². The van der Waals surface area contributed by atoms with Crippen LogP contribution >= 0.6 is 0 Å². The summed E-state index contributed by atoms with van der Waals surface area (Å²) in [5.41, 5.74) is 1.30. The molecular weight excluding hydrogens is 527 g/mol. The van der Waals surface area contributed by atoms with Crippen molar-refractivity contribution in [2.45, 2.75) is 0 Å². The highest BCUT2D eigenvalue weighted by Crippen LogP contribution is 2.09. The molecule has 0 aromatic heterocycles. The number of hydrogen-bond donors (Lipinski definition) is 6. The monoisotopic (exact) mass is 557 g/mol. The molecule has 212 valence electrons. The molecule has 0 saturated heterocycles. The van der Waals surface area contributed by atoms with Crippen molar-refractivity contribution in [3.8, 4) is 0 Å². The number of hydrogen-bond acceptors (Lipinski definition) is 4. The van der Waals surface area contributed by atoms with Gasteiger partial charge in [0.15, 0.2) is 0 Å². The van der Waals surface area contributed by atoms with Crippen molar-refractivity contribution >= 4 is 35.2 Å². The van der Waals surface area contributed by atoms with Crippen molar-refractivity contribution in [2.24, 2.45) is 0 Å². The summed E-state index contributed by atoms with van der Waals surface area (Å²) in [5.74, 6) is -1.25. The van der Waals surface area contributed by atoms with Crippen molar-refractivity contribution in [1.82, 2.24) is 20.9 Å². The molecule has 0 spiro atoms. The van der Waals surface area contributed by atoms with Crippen LogP contribution in [0.25, 0.3) is 0 Å². The van der Waals surface area contributed by atoms with E-state index in [1.807, 2.05) is 4.90 Å². The van der Waals surface area contributed by atoms with Crippen molar-refractivity contribution in [1.29, 1.82) is 0 Å². The van der Waals surface area contributed by atoms with Crippen LogP contribution in [0.4, 0.5) is 44.6 Å². The Morgan fingerprint density at radius 3 is 0.975 bits per heavy atom. The van der Waals surface area contributed by atoms with Crippen LogP contribution in [0, 0.1) is 17.5 Å². The first kappa shape index (κ1) is 29.8. The molecule has 10 nitrogen and oxygen atoms in total. The van der Waals surface area contributed by atoms with Crippen LogP contribution in [-0.4, -0.2) is 62.3 Å². The number of nitrogens with one attached hydrogen (secondary N) is 6. The minimum absolute atomic E-state index is 0.247. The number of carbonyl (C=O) groups excluding carboxylic acids is 3. The maximum absolute atomic E-state index is 13.0. The van der Waals surface area contributed by atoms with Crippen LogP contribution in [0.15, 0.2) is 72.8 Å². The van der Waals surface area contributed by atoms with E-state index in [4.69, 9.17) is 0 Å². The molecule has 13 heteroatoms. The molecule has 0 saturated carbocycles. The largest absolute Gasteiger partial charge is 0.337 e. The number of benzene rings is 3. The van der Waals surface area contributed by atoms with E-state index in [9.17, 15) is 27.6 Å². The minimum atomic E-state index is -0.472. The third-order valence-electron chi connectivity index (χ3n) is 5.45. The van der Waals surface area contributed by atoms with Gasteiger partial charge in [-0.05, 0) is 72.8 Å². The summed E-state index contributed by atoms with van der Waals surface area (Å²) in [4.78, 5) is 38.4. The van der Waals surface area contributed by atoms with E-state index in [2.05, 4.69) is 31.9 Å². The Balaban J connectivity index is 1.44. The first-order valence-electron chi connectivity index (χ1n) is 12.4. The molecule has 0 heterocycles. The molecule has 0 fully saturated rings. The van der Waals surface area contributed by atoms with Gasteiger partial charge in [0, 0.05) is 56.3 Å². The smallest absolute Gasteiger partial charge is 0.319 e. The highest BCUT2D eigenvalue weighted by atomic mass is 19.1. The van der Waals surface area contributed by atoms with Crippen LogP contribution in [0.1, 0.15) is 0 Å². The fraction of sp³-hybridized carbons (Fsp3) is 0.222. The van der Waals surface area contributed by atoms with Crippen LogP contribution in [0.5, 0.6) is 0 Å². The Morgan fingerprint density at radius 2 is 0.725 bits per heavy atom. The fourth-order valence-electron chi connectivity index (χ4n) is 3.44. The van der Waals surface area contributed by atoms with Gasteiger partial charge in [-0.15, -0.1) is 0 Å². The van der Waals surface area contributed by atoms with Gasteiger partial charge < -0.3 is 31.9 Å². The zero-order chi connectivity index (χ0) is 28.7. The van der Waals surface area contributed by atoms with E-state index >= 15 is 0 Å². The Morgan fingerprint density at radius 1 is 0.475 bits per heavy atom. The van der Waals surface area contributed by atoms with Crippen molar-refractivity contribution in [3.05, 3.63) is 90.2 Å². The van der Waals surface area contributed by atoms with E-state index in [0.717, 1.165) is 0 Å². The summed E-state index contributed by atoms with van der Waals surface area (Å²) in [7, 11) is 0. The van der Waals surface area contributed by atoms with E-state index in [1.165, 1.54) is 72.8 Å². The van der Waals surface area contributed by atoms with Crippen molar-refractivity contribution in [3.63, 3.8) is 0 Å². The molecule has 3 rings (SSSR count). The number of urea groups is 3. The zero-order valence-corrected chi connectivity index (χ0v) is 21.5. The number of rotatable bonds is 12. The van der Waals surface area contributed by atoms with Gasteiger partial charge in [-0.3, -0.25) is 4.90 Å². The Labute approximate surface area is 229 Å². The highest BCUT2D eigenvalue weighted by Gasteiger charge is 2.10. The van der Waals surface area contributed by atoms with Crippen LogP contribution in [0.3, 0.4) is 0 Å². The predicted molar refractivity (Wildman–Crippen MR) is 147 cm³/mol. The summed E-state index contributed by atoms with van der Waals surface area (Å²) < 4.78 is 39.1. The maximum Gasteiger partial charge on any atom is 0.319 e. The zero-order valence-electron chi connectivity index (χ0n) is 21.5. The molecule has 40 heavy (non-hydrogen) atoms. The fourth-order valence-corrected chi connectivity index (χ4v) is 3.44. The molecule has 0 aliphatic carbocycles. The first-order chi connectivity index (χ1) is 19.3. The molecule has 0 bridgehead atoms. The number of amides is 6. The number of carbonyl (C=O) groups is 3. The van der Waals surface area contributed by atoms with E-state index in [1.54, 1.807) is 0 Å². The van der Waals surface area contributed by atoms with E-state index in [-0.39, 0.29) is 19.6 Å². The third kappa shape index (κ3) is 11.3. The average Bonchev–Trinajstić information content (AvgIpc) is 2.92. The van der Waals surface area contributed by atoms with Crippen molar-refractivity contribution in [2.75, 3.05) is 55.2 Å². The maximum atomic E-state index is 13.0. The highest BCUT2D eigenvalue weighted by molar-refractivity contribution is 5.90. The Hall–Kier alpha value is -4.78. The summed E-state index contributed by atoms with van der Waals surface area (Å²) in [5, 5.41) is 15.9. The lowest BCUT2D eigenvalue weighted by molar-refractivity contribution is 0.238. The summed E-state index contributed by atoms with van der Waals surface area (Å²) in [6, 6.07) is 14.6. The summed E-state index contributed by atoms with van der Waals surface area (Å²) in [6.45, 7) is 1.90. The summed E-state index contributed by atoms with van der Waals surface area (Å²) in [6.07, 6.45) is 0. The number of anilines is 3. The first-order valence-corrected chi connectivity index (χ1v) is 12.4.